The van der Waals surface area contributed by atoms with E-state index in [1.165, 1.54) is 63.5 Å². The van der Waals surface area contributed by atoms with E-state index in [2.05, 4.69) is 42.7 Å². The van der Waals surface area contributed by atoms with Crippen molar-refractivity contribution in [2.45, 2.75) is 65.8 Å². The van der Waals surface area contributed by atoms with Gasteiger partial charge in [-0.1, -0.05) is 25.1 Å². The Bertz CT molecular complexity index is 1350. The summed E-state index contributed by atoms with van der Waals surface area (Å²) in [5.74, 6) is -0.213. The van der Waals surface area contributed by atoms with Gasteiger partial charge in [0.15, 0.2) is 0 Å². The Labute approximate surface area is 193 Å². The topological polar surface area (TPSA) is 44.1 Å². The number of pyridine rings is 1. The first-order chi connectivity index (χ1) is 15.5. The number of carbonyl (C=O) groups excluding carboxylic acids is 1. The van der Waals surface area contributed by atoms with Crippen LogP contribution in [0.5, 0.6) is 0 Å². The average Bonchev–Trinajstić information content (AvgIpc) is 3.29. The molecule has 1 aliphatic carbocycles. The number of rotatable bonds is 5. The predicted octanol–water partition coefficient (Wildman–Crippen LogP) is 6.54. The van der Waals surface area contributed by atoms with Crippen LogP contribution in [-0.4, -0.2) is 22.6 Å². The maximum absolute atomic E-state index is 12.5. The molecule has 0 fully saturated rings. The fraction of sp³-hybridized carbons (Fsp3) is 0.407. The molecule has 4 aromatic rings. The van der Waals surface area contributed by atoms with Crippen molar-refractivity contribution in [2.75, 3.05) is 7.11 Å². The first-order valence-corrected chi connectivity index (χ1v) is 12.5. The van der Waals surface area contributed by atoms with Gasteiger partial charge in [-0.05, 0) is 63.1 Å². The monoisotopic (exact) mass is 446 g/mol. The minimum absolute atomic E-state index is 0.213. The second-order valence-corrected chi connectivity index (χ2v) is 9.91. The van der Waals surface area contributed by atoms with Gasteiger partial charge in [-0.25, -0.2) is 4.98 Å². The van der Waals surface area contributed by atoms with Crippen LogP contribution in [0.1, 0.15) is 53.6 Å². The number of benzene rings is 1. The van der Waals surface area contributed by atoms with E-state index in [0.717, 1.165) is 41.9 Å². The highest BCUT2D eigenvalue weighted by Crippen LogP contribution is 2.46. The van der Waals surface area contributed by atoms with E-state index in [-0.39, 0.29) is 12.4 Å². The molecule has 0 saturated carbocycles. The molecule has 0 aliphatic heterocycles. The van der Waals surface area contributed by atoms with E-state index in [0.29, 0.717) is 0 Å². The number of nitrogens with zero attached hydrogens (tertiary/aromatic N) is 2. The first kappa shape index (κ1) is 21.2. The summed E-state index contributed by atoms with van der Waals surface area (Å²) in [5.41, 5.74) is 8.40. The number of ether oxygens (including phenoxy) is 1. The molecule has 3 aromatic heterocycles. The zero-order valence-electron chi connectivity index (χ0n) is 19.4. The molecule has 166 valence electrons. The van der Waals surface area contributed by atoms with Crippen molar-refractivity contribution in [3.8, 4) is 11.1 Å². The Morgan fingerprint density at radius 3 is 2.72 bits per heavy atom. The summed E-state index contributed by atoms with van der Waals surface area (Å²) in [7, 11) is 1.47. The molecular formula is C27H30N2O2S. The summed E-state index contributed by atoms with van der Waals surface area (Å²) < 4.78 is 7.54. The fourth-order valence-electron chi connectivity index (χ4n) is 5.41. The molecule has 0 saturated heterocycles. The molecule has 0 N–H and O–H groups in total. The van der Waals surface area contributed by atoms with Crippen LogP contribution in [0.3, 0.4) is 0 Å². The third kappa shape index (κ3) is 3.25. The quantitative estimate of drug-likeness (QED) is 0.327. The molecule has 4 nitrogen and oxygen atoms in total. The van der Waals surface area contributed by atoms with E-state index in [1.807, 2.05) is 18.3 Å². The van der Waals surface area contributed by atoms with Crippen LogP contribution < -0.4 is 0 Å². The summed E-state index contributed by atoms with van der Waals surface area (Å²) in [5, 5.41) is 2.53. The van der Waals surface area contributed by atoms with Gasteiger partial charge in [0.05, 0.1) is 13.5 Å². The van der Waals surface area contributed by atoms with E-state index in [4.69, 9.17) is 9.72 Å². The SMILES string of the molecule is CCCn1c(C)c(-c2c(CC(=O)OC)c(C)nc3sc4c(c23)CCCC4)c2ccccc21. The summed E-state index contributed by atoms with van der Waals surface area (Å²) in [4.78, 5) is 20.1. The van der Waals surface area contributed by atoms with Crippen molar-refractivity contribution in [1.29, 1.82) is 0 Å². The number of hydrogen-bond acceptors (Lipinski definition) is 4. The molecule has 0 spiro atoms. The molecule has 32 heavy (non-hydrogen) atoms. The highest BCUT2D eigenvalue weighted by molar-refractivity contribution is 7.19. The lowest BCUT2D eigenvalue weighted by atomic mass is 9.88. The molecular weight excluding hydrogens is 416 g/mol. The fourth-order valence-corrected chi connectivity index (χ4v) is 6.72. The third-order valence-corrected chi connectivity index (χ3v) is 8.07. The van der Waals surface area contributed by atoms with Crippen LogP contribution in [-0.2, 0) is 35.3 Å². The van der Waals surface area contributed by atoms with Gasteiger partial charge in [0, 0.05) is 50.2 Å². The summed E-state index contributed by atoms with van der Waals surface area (Å²) >= 11 is 1.85. The van der Waals surface area contributed by atoms with Gasteiger partial charge >= 0.3 is 5.97 Å². The predicted molar refractivity (Wildman–Crippen MR) is 133 cm³/mol. The lowest BCUT2D eigenvalue weighted by Gasteiger charge is -2.17. The number of carbonyl (C=O) groups is 1. The maximum Gasteiger partial charge on any atom is 0.310 e. The lowest BCUT2D eigenvalue weighted by Crippen LogP contribution is -2.09. The lowest BCUT2D eigenvalue weighted by molar-refractivity contribution is -0.139. The van der Waals surface area contributed by atoms with Crippen LogP contribution in [0.15, 0.2) is 24.3 Å². The average molecular weight is 447 g/mol. The number of hydrogen-bond donors (Lipinski definition) is 0. The number of aromatic nitrogens is 2. The van der Waals surface area contributed by atoms with Crippen LogP contribution >= 0.6 is 11.3 Å². The number of aryl methyl sites for hydroxylation is 4. The van der Waals surface area contributed by atoms with Gasteiger partial charge in [-0.3, -0.25) is 4.79 Å². The summed E-state index contributed by atoms with van der Waals surface area (Å²) in [6.07, 6.45) is 6.02. The molecule has 5 rings (SSSR count). The number of methoxy groups -OCH3 is 1. The molecule has 3 heterocycles. The van der Waals surface area contributed by atoms with Gasteiger partial charge < -0.3 is 9.30 Å². The Morgan fingerprint density at radius 1 is 1.16 bits per heavy atom. The van der Waals surface area contributed by atoms with Gasteiger partial charge in [0.2, 0.25) is 0 Å². The second-order valence-electron chi connectivity index (χ2n) is 8.82. The van der Waals surface area contributed by atoms with Crippen molar-refractivity contribution < 1.29 is 9.53 Å². The normalized spacial score (nSPS) is 13.6. The summed E-state index contributed by atoms with van der Waals surface area (Å²) in [6, 6.07) is 8.69. The summed E-state index contributed by atoms with van der Waals surface area (Å²) in [6.45, 7) is 7.47. The molecule has 0 atom stereocenters. The Hall–Kier alpha value is -2.66. The minimum Gasteiger partial charge on any atom is -0.469 e. The van der Waals surface area contributed by atoms with Crippen molar-refractivity contribution in [2.24, 2.45) is 0 Å². The van der Waals surface area contributed by atoms with E-state index in [9.17, 15) is 4.79 Å². The molecule has 1 aromatic carbocycles. The van der Waals surface area contributed by atoms with Crippen molar-refractivity contribution in [3.05, 3.63) is 51.7 Å². The van der Waals surface area contributed by atoms with E-state index < -0.39 is 0 Å². The van der Waals surface area contributed by atoms with Crippen LogP contribution in [0.25, 0.3) is 32.2 Å². The van der Waals surface area contributed by atoms with Gasteiger partial charge in [-0.2, -0.15) is 0 Å². The van der Waals surface area contributed by atoms with Crippen LogP contribution in [0.4, 0.5) is 0 Å². The minimum atomic E-state index is -0.213. The number of thiophene rings is 1. The largest absolute Gasteiger partial charge is 0.469 e. The second kappa shape index (κ2) is 8.36. The van der Waals surface area contributed by atoms with Crippen molar-refractivity contribution in [3.63, 3.8) is 0 Å². The highest BCUT2D eigenvalue weighted by atomic mass is 32.1. The number of esters is 1. The highest BCUT2D eigenvalue weighted by Gasteiger charge is 2.27. The van der Waals surface area contributed by atoms with Crippen molar-refractivity contribution in [1.82, 2.24) is 9.55 Å². The Kier molecular flexibility index (Phi) is 5.54. The standard InChI is InChI=1S/C27H30N2O2S/c1-5-14-29-17(3)24(18-10-6-8-12-21(18)29)25-20(15-23(30)31-4)16(2)28-27-26(25)19-11-7-9-13-22(19)32-27/h6,8,10,12H,5,7,9,11,13-15H2,1-4H3. The maximum atomic E-state index is 12.5. The van der Waals surface area contributed by atoms with E-state index in [1.54, 1.807) is 0 Å². The van der Waals surface area contributed by atoms with Crippen molar-refractivity contribution >= 4 is 38.4 Å². The molecule has 0 bridgehead atoms. The molecule has 1 aliphatic rings. The molecule has 5 heteroatoms. The number of fused-ring (bicyclic) bond motifs is 4. The zero-order valence-corrected chi connectivity index (χ0v) is 20.2. The molecule has 0 amide bonds. The van der Waals surface area contributed by atoms with E-state index >= 15 is 0 Å². The smallest absolute Gasteiger partial charge is 0.310 e. The third-order valence-electron chi connectivity index (χ3n) is 6.89. The van der Waals surface area contributed by atoms with Gasteiger partial charge in [0.1, 0.15) is 4.83 Å². The van der Waals surface area contributed by atoms with Gasteiger partial charge in [0.25, 0.3) is 0 Å². The Morgan fingerprint density at radius 2 is 1.94 bits per heavy atom. The Balaban J connectivity index is 1.93. The van der Waals surface area contributed by atoms with Crippen LogP contribution in [0.2, 0.25) is 0 Å². The van der Waals surface area contributed by atoms with Crippen LogP contribution in [0, 0.1) is 13.8 Å². The van der Waals surface area contributed by atoms with Gasteiger partial charge in [-0.15, -0.1) is 11.3 Å². The number of para-hydroxylation sites is 1. The molecule has 0 unspecified atom stereocenters. The molecule has 0 radical (unpaired) electrons. The zero-order chi connectivity index (χ0) is 22.4. The first-order valence-electron chi connectivity index (χ1n) is 11.6.